The first kappa shape index (κ1) is 14.6. The molecule has 0 bridgehead atoms. The number of aromatic nitrogens is 3. The Balaban J connectivity index is 1.83. The molecule has 0 spiro atoms. The number of nitrogens with one attached hydrogen (secondary N) is 2. The van der Waals surface area contributed by atoms with E-state index >= 15 is 0 Å². The Hall–Kier alpha value is -3.00. The third-order valence-electron chi connectivity index (χ3n) is 3.54. The number of aromatic amines is 2. The average molecular weight is 384 g/mol. The van der Waals surface area contributed by atoms with E-state index in [4.69, 9.17) is 0 Å². The standard InChI is InChI=1S/C16H10BrN5O2/c17-8-5-6-10-9(7-8)13(15(23)19-10)21-22-14-16(24)20-12-4-2-1-3-11(12)18-14/h1-7,19,23H,(H,20,24). The van der Waals surface area contributed by atoms with Crippen LogP contribution in [0.2, 0.25) is 0 Å². The smallest absolute Gasteiger partial charge is 0.295 e. The number of benzene rings is 2. The molecule has 118 valence electrons. The van der Waals surface area contributed by atoms with Crippen LogP contribution in [0.4, 0.5) is 11.5 Å². The molecule has 0 atom stereocenters. The zero-order valence-corrected chi connectivity index (χ0v) is 13.7. The third-order valence-corrected chi connectivity index (χ3v) is 4.03. The lowest BCUT2D eigenvalue weighted by Gasteiger charge is -1.97. The van der Waals surface area contributed by atoms with E-state index in [2.05, 4.69) is 41.1 Å². The van der Waals surface area contributed by atoms with Crippen molar-refractivity contribution in [1.82, 2.24) is 15.0 Å². The molecule has 4 rings (SSSR count). The van der Waals surface area contributed by atoms with Gasteiger partial charge in [-0.25, -0.2) is 4.98 Å². The van der Waals surface area contributed by atoms with Gasteiger partial charge in [0.25, 0.3) is 5.56 Å². The van der Waals surface area contributed by atoms with E-state index in [0.29, 0.717) is 21.9 Å². The predicted octanol–water partition coefficient (Wildman–Crippen LogP) is 4.29. The topological polar surface area (TPSA) is 106 Å². The summed E-state index contributed by atoms with van der Waals surface area (Å²) in [5.41, 5.74) is 1.75. The summed E-state index contributed by atoms with van der Waals surface area (Å²) in [6, 6.07) is 12.6. The Morgan fingerprint density at radius 1 is 1.04 bits per heavy atom. The highest BCUT2D eigenvalue weighted by atomic mass is 79.9. The van der Waals surface area contributed by atoms with E-state index in [0.717, 1.165) is 4.47 Å². The van der Waals surface area contributed by atoms with Crippen LogP contribution in [0.3, 0.4) is 0 Å². The number of fused-ring (bicyclic) bond motifs is 2. The molecule has 0 radical (unpaired) electrons. The number of hydrogen-bond acceptors (Lipinski definition) is 5. The fourth-order valence-corrected chi connectivity index (χ4v) is 2.78. The molecule has 0 aliphatic heterocycles. The Morgan fingerprint density at radius 3 is 2.75 bits per heavy atom. The second kappa shape index (κ2) is 5.57. The van der Waals surface area contributed by atoms with Crippen molar-refractivity contribution in [2.75, 3.05) is 0 Å². The number of para-hydroxylation sites is 2. The van der Waals surface area contributed by atoms with Crippen molar-refractivity contribution in [3.8, 4) is 5.88 Å². The van der Waals surface area contributed by atoms with Gasteiger partial charge < -0.3 is 15.1 Å². The van der Waals surface area contributed by atoms with E-state index in [-0.39, 0.29) is 17.4 Å². The van der Waals surface area contributed by atoms with Gasteiger partial charge in [-0.3, -0.25) is 4.79 Å². The van der Waals surface area contributed by atoms with Crippen molar-refractivity contribution < 1.29 is 5.11 Å². The minimum absolute atomic E-state index is 0.0718. The van der Waals surface area contributed by atoms with Gasteiger partial charge in [0.2, 0.25) is 11.7 Å². The highest BCUT2D eigenvalue weighted by molar-refractivity contribution is 9.10. The van der Waals surface area contributed by atoms with Gasteiger partial charge >= 0.3 is 0 Å². The molecule has 8 heteroatoms. The van der Waals surface area contributed by atoms with Crippen LogP contribution in [0.25, 0.3) is 21.9 Å². The van der Waals surface area contributed by atoms with Crippen LogP contribution in [0.1, 0.15) is 0 Å². The normalized spacial score (nSPS) is 11.7. The molecule has 2 aromatic carbocycles. The Kier molecular flexibility index (Phi) is 3.39. The van der Waals surface area contributed by atoms with Crippen LogP contribution >= 0.6 is 15.9 Å². The summed E-state index contributed by atoms with van der Waals surface area (Å²) in [4.78, 5) is 21.8. The fraction of sp³-hybridized carbons (Fsp3) is 0. The van der Waals surface area contributed by atoms with Crippen molar-refractivity contribution in [3.05, 3.63) is 57.3 Å². The van der Waals surface area contributed by atoms with Crippen LogP contribution < -0.4 is 5.56 Å². The van der Waals surface area contributed by atoms with E-state index < -0.39 is 5.56 Å². The number of azo groups is 1. The van der Waals surface area contributed by atoms with E-state index in [9.17, 15) is 9.90 Å². The summed E-state index contributed by atoms with van der Waals surface area (Å²) in [5, 5.41) is 18.6. The molecule has 2 aromatic heterocycles. The van der Waals surface area contributed by atoms with Crippen molar-refractivity contribution in [2.24, 2.45) is 10.2 Å². The number of hydrogen-bond donors (Lipinski definition) is 3. The lowest BCUT2D eigenvalue weighted by molar-refractivity contribution is 0.459. The number of nitrogens with zero attached hydrogens (tertiary/aromatic N) is 3. The summed E-state index contributed by atoms with van der Waals surface area (Å²) in [5.74, 6) is -0.193. The molecule has 0 aliphatic rings. The molecular weight excluding hydrogens is 374 g/mol. The Bertz CT molecular complexity index is 1160. The number of rotatable bonds is 2. The van der Waals surface area contributed by atoms with Crippen LogP contribution in [-0.2, 0) is 0 Å². The van der Waals surface area contributed by atoms with Crippen molar-refractivity contribution >= 4 is 49.4 Å². The zero-order chi connectivity index (χ0) is 16.7. The van der Waals surface area contributed by atoms with Gasteiger partial charge in [-0.1, -0.05) is 28.1 Å². The SMILES string of the molecule is O=c1[nH]c2ccccc2nc1N=Nc1c(O)[nH]c2ccc(Br)cc12. The lowest BCUT2D eigenvalue weighted by Crippen LogP contribution is -2.06. The minimum Gasteiger partial charge on any atom is -0.493 e. The second-order valence-electron chi connectivity index (χ2n) is 5.12. The summed E-state index contributed by atoms with van der Waals surface area (Å²) in [6.07, 6.45) is 0. The molecule has 0 saturated carbocycles. The maximum absolute atomic E-state index is 12.0. The largest absolute Gasteiger partial charge is 0.493 e. The summed E-state index contributed by atoms with van der Waals surface area (Å²) < 4.78 is 0.840. The average Bonchev–Trinajstić information content (AvgIpc) is 2.87. The van der Waals surface area contributed by atoms with Crippen molar-refractivity contribution in [3.63, 3.8) is 0 Å². The molecule has 7 nitrogen and oxygen atoms in total. The quantitative estimate of drug-likeness (QED) is 0.449. The van der Waals surface area contributed by atoms with Crippen LogP contribution in [-0.4, -0.2) is 20.1 Å². The van der Waals surface area contributed by atoms with E-state index in [1.807, 2.05) is 18.2 Å². The molecule has 4 aromatic rings. The zero-order valence-electron chi connectivity index (χ0n) is 12.1. The fourth-order valence-electron chi connectivity index (χ4n) is 2.42. The van der Waals surface area contributed by atoms with E-state index in [1.54, 1.807) is 24.3 Å². The molecule has 0 fully saturated rings. The Morgan fingerprint density at radius 2 is 1.88 bits per heavy atom. The Labute approximate surface area is 143 Å². The summed E-state index contributed by atoms with van der Waals surface area (Å²) in [7, 11) is 0. The number of halogens is 1. The van der Waals surface area contributed by atoms with Gasteiger partial charge in [-0.15, -0.1) is 10.2 Å². The van der Waals surface area contributed by atoms with Gasteiger partial charge in [-0.2, -0.15) is 0 Å². The molecule has 0 unspecified atom stereocenters. The van der Waals surface area contributed by atoms with Gasteiger partial charge in [0.1, 0.15) is 0 Å². The first-order valence-corrected chi connectivity index (χ1v) is 7.82. The van der Waals surface area contributed by atoms with Gasteiger partial charge in [0.15, 0.2) is 5.69 Å². The van der Waals surface area contributed by atoms with Crippen LogP contribution in [0.5, 0.6) is 5.88 Å². The van der Waals surface area contributed by atoms with E-state index in [1.165, 1.54) is 0 Å². The molecule has 0 amide bonds. The maximum Gasteiger partial charge on any atom is 0.295 e. The van der Waals surface area contributed by atoms with Crippen LogP contribution in [0.15, 0.2) is 62.0 Å². The van der Waals surface area contributed by atoms with Crippen molar-refractivity contribution in [1.29, 1.82) is 0 Å². The van der Waals surface area contributed by atoms with Crippen LogP contribution in [0, 0.1) is 0 Å². The van der Waals surface area contributed by atoms with Crippen molar-refractivity contribution in [2.45, 2.75) is 0 Å². The first-order chi connectivity index (χ1) is 11.6. The maximum atomic E-state index is 12.0. The summed E-state index contributed by atoms with van der Waals surface area (Å²) >= 11 is 3.38. The molecule has 3 N–H and O–H groups in total. The molecule has 24 heavy (non-hydrogen) atoms. The molecular formula is C16H10BrN5O2. The highest BCUT2D eigenvalue weighted by Crippen LogP contribution is 2.37. The second-order valence-corrected chi connectivity index (χ2v) is 6.03. The highest BCUT2D eigenvalue weighted by Gasteiger charge is 2.11. The van der Waals surface area contributed by atoms with Gasteiger partial charge in [0, 0.05) is 9.86 Å². The minimum atomic E-state index is -0.446. The molecule has 2 heterocycles. The predicted molar refractivity (Wildman–Crippen MR) is 94.2 cm³/mol. The monoisotopic (exact) mass is 383 g/mol. The lowest BCUT2D eigenvalue weighted by atomic mass is 10.2. The first-order valence-electron chi connectivity index (χ1n) is 7.03. The number of H-pyrrole nitrogens is 2. The van der Waals surface area contributed by atoms with Gasteiger partial charge in [0.05, 0.1) is 16.6 Å². The molecule has 0 aliphatic carbocycles. The summed E-state index contributed by atoms with van der Waals surface area (Å²) in [6.45, 7) is 0. The molecule has 0 saturated heterocycles. The third kappa shape index (κ3) is 2.46. The number of aromatic hydroxyl groups is 1. The van der Waals surface area contributed by atoms with Gasteiger partial charge in [-0.05, 0) is 30.3 Å².